The first-order valence-electron chi connectivity index (χ1n) is 6.58. The van der Waals surface area contributed by atoms with Crippen molar-refractivity contribution < 1.29 is 23.1 Å². The molecule has 0 bridgehead atoms. The molecule has 0 saturated carbocycles. The van der Waals surface area contributed by atoms with Gasteiger partial charge in [-0.3, -0.25) is 4.79 Å². The van der Waals surface area contributed by atoms with Gasteiger partial charge in [-0.05, 0) is 44.0 Å². The Bertz CT molecular complexity index is 626. The fourth-order valence-electron chi connectivity index (χ4n) is 2.08. The summed E-state index contributed by atoms with van der Waals surface area (Å²) in [6.07, 6.45) is 0.754. The van der Waals surface area contributed by atoms with Gasteiger partial charge in [-0.15, -0.1) is 0 Å². The second-order valence-electron chi connectivity index (χ2n) is 5.12. The number of aryl methyl sites for hydroxylation is 1. The van der Waals surface area contributed by atoms with Crippen LogP contribution in [0, 0.1) is 6.92 Å². The zero-order valence-electron chi connectivity index (χ0n) is 12.6. The molecular weight excluding hydrogens is 294 g/mol. The molecule has 1 rings (SSSR count). The van der Waals surface area contributed by atoms with E-state index in [0.29, 0.717) is 17.7 Å². The molecule has 1 unspecified atom stereocenters. The van der Waals surface area contributed by atoms with E-state index in [4.69, 9.17) is 4.74 Å². The maximum Gasteiger partial charge on any atom is 0.324 e. The molecule has 118 valence electrons. The SMILES string of the molecule is CCCC(C)(NS(=O)(=O)c1ccc(OC)c(C)c1)C(=O)O. The van der Waals surface area contributed by atoms with Gasteiger partial charge < -0.3 is 9.84 Å². The van der Waals surface area contributed by atoms with Gasteiger partial charge in [0.1, 0.15) is 11.3 Å². The van der Waals surface area contributed by atoms with Crippen LogP contribution in [0.3, 0.4) is 0 Å². The fourth-order valence-corrected chi connectivity index (χ4v) is 3.55. The quantitative estimate of drug-likeness (QED) is 0.802. The van der Waals surface area contributed by atoms with Crippen molar-refractivity contribution >= 4 is 16.0 Å². The molecule has 0 spiro atoms. The van der Waals surface area contributed by atoms with Crippen LogP contribution in [0.5, 0.6) is 5.75 Å². The molecule has 0 aliphatic rings. The van der Waals surface area contributed by atoms with Crippen LogP contribution in [0.4, 0.5) is 0 Å². The maximum atomic E-state index is 12.4. The third-order valence-electron chi connectivity index (χ3n) is 3.26. The van der Waals surface area contributed by atoms with E-state index in [2.05, 4.69) is 4.72 Å². The first kappa shape index (κ1) is 17.5. The number of nitrogens with one attached hydrogen (secondary N) is 1. The predicted molar refractivity (Wildman–Crippen MR) is 79.0 cm³/mol. The number of aliphatic carboxylic acids is 1. The molecular formula is C14H21NO5S. The zero-order valence-corrected chi connectivity index (χ0v) is 13.5. The van der Waals surface area contributed by atoms with Crippen molar-refractivity contribution in [3.05, 3.63) is 23.8 Å². The van der Waals surface area contributed by atoms with E-state index in [0.717, 1.165) is 0 Å². The molecule has 0 aliphatic carbocycles. The second kappa shape index (κ2) is 6.44. The zero-order chi connectivity index (χ0) is 16.3. The lowest BCUT2D eigenvalue weighted by Crippen LogP contribution is -2.51. The summed E-state index contributed by atoms with van der Waals surface area (Å²) in [5.74, 6) is -0.623. The summed E-state index contributed by atoms with van der Waals surface area (Å²) in [5.41, 5.74) is -0.866. The summed E-state index contributed by atoms with van der Waals surface area (Å²) in [7, 11) is -2.42. The van der Waals surface area contributed by atoms with Gasteiger partial charge in [0.15, 0.2) is 0 Å². The standard InChI is InChI=1S/C14H21NO5S/c1-5-8-14(3,13(16)17)15-21(18,19)11-6-7-12(20-4)10(2)9-11/h6-7,9,15H,5,8H2,1-4H3,(H,16,17). The number of hydrogen-bond donors (Lipinski definition) is 2. The normalized spacial score (nSPS) is 14.5. The van der Waals surface area contributed by atoms with Crippen LogP contribution in [0.15, 0.2) is 23.1 Å². The molecule has 2 N–H and O–H groups in total. The molecule has 21 heavy (non-hydrogen) atoms. The van der Waals surface area contributed by atoms with Crippen LogP contribution in [-0.4, -0.2) is 32.1 Å². The summed E-state index contributed by atoms with van der Waals surface area (Å²) < 4.78 is 32.1. The van der Waals surface area contributed by atoms with E-state index in [-0.39, 0.29) is 11.3 Å². The predicted octanol–water partition coefficient (Wildman–Crippen LogP) is 1.93. The summed E-state index contributed by atoms with van der Waals surface area (Å²) in [5, 5.41) is 9.26. The molecule has 1 atom stereocenters. The average Bonchev–Trinajstić information content (AvgIpc) is 2.38. The van der Waals surface area contributed by atoms with Crippen molar-refractivity contribution in [2.75, 3.05) is 7.11 Å². The molecule has 0 fully saturated rings. The van der Waals surface area contributed by atoms with E-state index in [1.54, 1.807) is 19.9 Å². The number of ether oxygens (including phenoxy) is 1. The largest absolute Gasteiger partial charge is 0.496 e. The molecule has 0 saturated heterocycles. The third-order valence-corrected chi connectivity index (χ3v) is 4.85. The third kappa shape index (κ3) is 3.95. The lowest BCUT2D eigenvalue weighted by Gasteiger charge is -2.25. The van der Waals surface area contributed by atoms with Gasteiger partial charge in [0.05, 0.1) is 12.0 Å². The van der Waals surface area contributed by atoms with Crippen molar-refractivity contribution in [1.29, 1.82) is 0 Å². The molecule has 1 aromatic carbocycles. The number of sulfonamides is 1. The number of hydrogen-bond acceptors (Lipinski definition) is 4. The van der Waals surface area contributed by atoms with Crippen LogP contribution in [-0.2, 0) is 14.8 Å². The van der Waals surface area contributed by atoms with Gasteiger partial charge in [0.25, 0.3) is 0 Å². The molecule has 0 aromatic heterocycles. The maximum absolute atomic E-state index is 12.4. The average molecular weight is 315 g/mol. The highest BCUT2D eigenvalue weighted by Gasteiger charge is 2.37. The highest BCUT2D eigenvalue weighted by molar-refractivity contribution is 7.89. The number of rotatable bonds is 7. The molecule has 0 aliphatic heterocycles. The van der Waals surface area contributed by atoms with Crippen LogP contribution in [0.1, 0.15) is 32.3 Å². The van der Waals surface area contributed by atoms with E-state index >= 15 is 0 Å². The van der Waals surface area contributed by atoms with Crippen molar-refractivity contribution in [3.63, 3.8) is 0 Å². The Morgan fingerprint density at radius 2 is 2.05 bits per heavy atom. The monoisotopic (exact) mass is 315 g/mol. The Morgan fingerprint density at radius 1 is 1.43 bits per heavy atom. The molecule has 1 aromatic rings. The van der Waals surface area contributed by atoms with Crippen LogP contribution in [0.25, 0.3) is 0 Å². The van der Waals surface area contributed by atoms with E-state index < -0.39 is 21.5 Å². The highest BCUT2D eigenvalue weighted by Crippen LogP contribution is 2.23. The lowest BCUT2D eigenvalue weighted by atomic mass is 9.98. The van der Waals surface area contributed by atoms with Crippen molar-refractivity contribution in [3.8, 4) is 5.75 Å². The number of benzene rings is 1. The van der Waals surface area contributed by atoms with Gasteiger partial charge in [-0.1, -0.05) is 13.3 Å². The summed E-state index contributed by atoms with van der Waals surface area (Å²) in [6, 6.07) is 4.39. The van der Waals surface area contributed by atoms with Crippen molar-refractivity contribution in [2.45, 2.75) is 44.0 Å². The number of carbonyl (C=O) groups is 1. The molecule has 0 heterocycles. The number of methoxy groups -OCH3 is 1. The van der Waals surface area contributed by atoms with Gasteiger partial charge in [-0.25, -0.2) is 8.42 Å². The summed E-state index contributed by atoms with van der Waals surface area (Å²) >= 11 is 0. The van der Waals surface area contributed by atoms with E-state index in [1.807, 2.05) is 0 Å². The Kier molecular flexibility index (Phi) is 5.36. The Labute approximate surface area is 125 Å². The van der Waals surface area contributed by atoms with Gasteiger partial charge in [0.2, 0.25) is 10.0 Å². The Morgan fingerprint density at radius 3 is 2.48 bits per heavy atom. The summed E-state index contributed by atoms with van der Waals surface area (Å²) in [6.45, 7) is 4.89. The minimum Gasteiger partial charge on any atom is -0.496 e. The van der Waals surface area contributed by atoms with Crippen LogP contribution >= 0.6 is 0 Å². The van der Waals surface area contributed by atoms with Crippen molar-refractivity contribution in [2.24, 2.45) is 0 Å². The van der Waals surface area contributed by atoms with Gasteiger partial charge >= 0.3 is 5.97 Å². The smallest absolute Gasteiger partial charge is 0.324 e. The number of carboxylic acids is 1. The van der Waals surface area contributed by atoms with Gasteiger partial charge in [-0.2, -0.15) is 4.72 Å². The van der Waals surface area contributed by atoms with Crippen LogP contribution in [0.2, 0.25) is 0 Å². The lowest BCUT2D eigenvalue weighted by molar-refractivity contribution is -0.143. The molecule has 0 radical (unpaired) electrons. The number of carboxylic acid groups (broad SMARTS) is 1. The first-order valence-corrected chi connectivity index (χ1v) is 8.06. The van der Waals surface area contributed by atoms with Crippen LogP contribution < -0.4 is 9.46 Å². The molecule has 0 amide bonds. The Balaban J connectivity index is 3.16. The van der Waals surface area contributed by atoms with Crippen molar-refractivity contribution in [1.82, 2.24) is 4.72 Å². The van der Waals surface area contributed by atoms with E-state index in [1.165, 1.54) is 26.2 Å². The van der Waals surface area contributed by atoms with Gasteiger partial charge in [0, 0.05) is 0 Å². The van der Waals surface area contributed by atoms with E-state index in [9.17, 15) is 18.3 Å². The Hall–Kier alpha value is -1.60. The molecule has 7 heteroatoms. The topological polar surface area (TPSA) is 92.7 Å². The highest BCUT2D eigenvalue weighted by atomic mass is 32.2. The minimum absolute atomic E-state index is 0.0179. The molecule has 6 nitrogen and oxygen atoms in total. The first-order chi connectivity index (χ1) is 9.66. The fraction of sp³-hybridized carbons (Fsp3) is 0.500. The minimum atomic E-state index is -3.92. The second-order valence-corrected chi connectivity index (χ2v) is 6.81. The summed E-state index contributed by atoms with van der Waals surface area (Å²) in [4.78, 5) is 11.4.